The normalized spacial score (nSPS) is 12.5. The summed E-state index contributed by atoms with van der Waals surface area (Å²) in [6.07, 6.45) is 0. The highest BCUT2D eigenvalue weighted by molar-refractivity contribution is 5.96. The molecule has 1 atom stereocenters. The highest BCUT2D eigenvalue weighted by atomic mass is 16.5. The number of carbonyl (C=O) groups excluding carboxylic acids is 1. The van der Waals surface area contributed by atoms with Gasteiger partial charge in [0.1, 0.15) is 0 Å². The van der Waals surface area contributed by atoms with Crippen LogP contribution < -0.4 is 5.32 Å². The van der Waals surface area contributed by atoms with E-state index in [9.17, 15) is 4.79 Å². The second-order valence-corrected chi connectivity index (χ2v) is 4.08. The molecule has 0 aromatic carbocycles. The van der Waals surface area contributed by atoms with Crippen molar-refractivity contribution >= 4 is 5.91 Å². The fraction of sp³-hybridized carbons (Fsp3) is 0.636. The summed E-state index contributed by atoms with van der Waals surface area (Å²) in [5.41, 5.74) is 2.17. The summed E-state index contributed by atoms with van der Waals surface area (Å²) in [7, 11) is 1.66. The van der Waals surface area contributed by atoms with Gasteiger partial charge in [0.05, 0.1) is 17.9 Å². The number of methoxy groups -OCH3 is 1. The maximum absolute atomic E-state index is 11.8. The number of hydrogen-bond donors (Lipinski definition) is 2. The van der Waals surface area contributed by atoms with Crippen molar-refractivity contribution in [1.29, 1.82) is 0 Å². The molecule has 0 radical (unpaired) electrons. The molecule has 1 heterocycles. The number of carbonyl (C=O) groups is 1. The van der Waals surface area contributed by atoms with Gasteiger partial charge in [-0.3, -0.25) is 9.89 Å². The number of nitrogens with zero attached hydrogens (tertiary/aromatic N) is 1. The molecule has 1 rings (SSSR count). The summed E-state index contributed by atoms with van der Waals surface area (Å²) >= 11 is 0. The lowest BCUT2D eigenvalue weighted by molar-refractivity contribution is 0.0933. The fourth-order valence-corrected chi connectivity index (χ4v) is 1.58. The first-order chi connectivity index (χ1) is 7.56. The third kappa shape index (κ3) is 3.06. The predicted octanol–water partition coefficient (Wildman–Crippen LogP) is 1.04. The van der Waals surface area contributed by atoms with Gasteiger partial charge < -0.3 is 10.1 Å². The number of rotatable bonds is 5. The number of amides is 1. The van der Waals surface area contributed by atoms with E-state index in [-0.39, 0.29) is 5.91 Å². The predicted molar refractivity (Wildman–Crippen MR) is 61.4 cm³/mol. The molecule has 0 saturated heterocycles. The van der Waals surface area contributed by atoms with Gasteiger partial charge in [-0.2, -0.15) is 5.10 Å². The average Bonchev–Trinajstić information content (AvgIpc) is 2.56. The van der Waals surface area contributed by atoms with E-state index in [1.807, 2.05) is 20.8 Å². The van der Waals surface area contributed by atoms with Crippen LogP contribution in [0, 0.1) is 19.8 Å². The van der Waals surface area contributed by atoms with Crippen molar-refractivity contribution in [3.05, 3.63) is 17.0 Å². The third-order valence-electron chi connectivity index (χ3n) is 2.42. The number of aryl methyl sites for hydroxylation is 2. The Morgan fingerprint density at radius 2 is 2.25 bits per heavy atom. The highest BCUT2D eigenvalue weighted by Crippen LogP contribution is 2.08. The van der Waals surface area contributed by atoms with E-state index >= 15 is 0 Å². The van der Waals surface area contributed by atoms with E-state index in [1.165, 1.54) is 0 Å². The summed E-state index contributed by atoms with van der Waals surface area (Å²) in [5.74, 6) is 0.230. The molecule has 5 nitrogen and oxygen atoms in total. The standard InChI is InChI=1S/C11H19N3O2/c1-7(6-16-4)5-12-11(15)10-8(2)13-14-9(10)3/h7H,5-6H2,1-4H3,(H,12,15)(H,13,14). The molecule has 0 aliphatic rings. The van der Waals surface area contributed by atoms with Crippen LogP contribution in [-0.4, -0.2) is 36.4 Å². The Morgan fingerprint density at radius 1 is 1.56 bits per heavy atom. The smallest absolute Gasteiger partial charge is 0.255 e. The van der Waals surface area contributed by atoms with Crippen LogP contribution in [0.5, 0.6) is 0 Å². The zero-order valence-electron chi connectivity index (χ0n) is 10.3. The van der Waals surface area contributed by atoms with Crippen molar-refractivity contribution in [3.63, 3.8) is 0 Å². The van der Waals surface area contributed by atoms with Gasteiger partial charge in [0.15, 0.2) is 0 Å². The van der Waals surface area contributed by atoms with E-state index in [1.54, 1.807) is 7.11 Å². The molecule has 16 heavy (non-hydrogen) atoms. The average molecular weight is 225 g/mol. The quantitative estimate of drug-likeness (QED) is 0.786. The molecular weight excluding hydrogens is 206 g/mol. The van der Waals surface area contributed by atoms with Crippen LogP contribution in [0.3, 0.4) is 0 Å². The second kappa shape index (κ2) is 5.65. The van der Waals surface area contributed by atoms with Gasteiger partial charge in [0, 0.05) is 19.3 Å². The molecule has 0 aliphatic heterocycles. The van der Waals surface area contributed by atoms with Crippen molar-refractivity contribution in [2.24, 2.45) is 5.92 Å². The lowest BCUT2D eigenvalue weighted by Crippen LogP contribution is -2.30. The fourth-order valence-electron chi connectivity index (χ4n) is 1.58. The van der Waals surface area contributed by atoms with E-state index in [0.29, 0.717) is 24.6 Å². The number of aromatic amines is 1. The highest BCUT2D eigenvalue weighted by Gasteiger charge is 2.15. The summed E-state index contributed by atoms with van der Waals surface area (Å²) in [6, 6.07) is 0. The summed E-state index contributed by atoms with van der Waals surface area (Å²) in [4.78, 5) is 11.8. The summed E-state index contributed by atoms with van der Waals surface area (Å²) in [6.45, 7) is 6.93. The Bertz CT molecular complexity index is 341. The zero-order valence-corrected chi connectivity index (χ0v) is 10.3. The van der Waals surface area contributed by atoms with Crippen LogP contribution in [0.1, 0.15) is 28.7 Å². The van der Waals surface area contributed by atoms with Gasteiger partial charge in [-0.15, -0.1) is 0 Å². The van der Waals surface area contributed by atoms with E-state index in [2.05, 4.69) is 15.5 Å². The van der Waals surface area contributed by atoms with Crippen LogP contribution in [0.4, 0.5) is 0 Å². The second-order valence-electron chi connectivity index (χ2n) is 4.08. The van der Waals surface area contributed by atoms with Gasteiger partial charge in [0.25, 0.3) is 5.91 Å². The maximum atomic E-state index is 11.8. The first kappa shape index (κ1) is 12.7. The molecule has 1 amide bonds. The molecule has 5 heteroatoms. The Labute approximate surface area is 95.6 Å². The van der Waals surface area contributed by atoms with Gasteiger partial charge >= 0.3 is 0 Å². The van der Waals surface area contributed by atoms with Crippen LogP contribution in [-0.2, 0) is 4.74 Å². The van der Waals surface area contributed by atoms with Crippen molar-refractivity contribution in [2.45, 2.75) is 20.8 Å². The van der Waals surface area contributed by atoms with E-state index < -0.39 is 0 Å². The Balaban J connectivity index is 2.53. The number of nitrogens with one attached hydrogen (secondary N) is 2. The zero-order chi connectivity index (χ0) is 12.1. The summed E-state index contributed by atoms with van der Waals surface area (Å²) in [5, 5.41) is 9.66. The Hall–Kier alpha value is -1.36. The van der Waals surface area contributed by atoms with E-state index in [4.69, 9.17) is 4.74 Å². The van der Waals surface area contributed by atoms with Gasteiger partial charge in [-0.05, 0) is 19.8 Å². The lowest BCUT2D eigenvalue weighted by atomic mass is 10.1. The first-order valence-corrected chi connectivity index (χ1v) is 5.35. The monoisotopic (exact) mass is 225 g/mol. The molecule has 2 N–H and O–H groups in total. The minimum Gasteiger partial charge on any atom is -0.384 e. The molecule has 1 aromatic heterocycles. The molecule has 0 bridgehead atoms. The van der Waals surface area contributed by atoms with Gasteiger partial charge in [-0.25, -0.2) is 0 Å². The molecule has 0 fully saturated rings. The molecular formula is C11H19N3O2. The molecule has 1 unspecified atom stereocenters. The third-order valence-corrected chi connectivity index (χ3v) is 2.42. The van der Waals surface area contributed by atoms with Crippen molar-refractivity contribution in [1.82, 2.24) is 15.5 Å². The molecule has 90 valence electrons. The molecule has 0 saturated carbocycles. The number of H-pyrrole nitrogens is 1. The van der Waals surface area contributed by atoms with Crippen LogP contribution >= 0.6 is 0 Å². The van der Waals surface area contributed by atoms with Crippen LogP contribution in [0.15, 0.2) is 0 Å². The molecule has 0 spiro atoms. The minimum atomic E-state index is -0.0771. The van der Waals surface area contributed by atoms with Gasteiger partial charge in [0.2, 0.25) is 0 Å². The first-order valence-electron chi connectivity index (χ1n) is 5.35. The van der Waals surface area contributed by atoms with Crippen LogP contribution in [0.25, 0.3) is 0 Å². The number of ether oxygens (including phenoxy) is 1. The largest absolute Gasteiger partial charge is 0.384 e. The minimum absolute atomic E-state index is 0.0771. The topological polar surface area (TPSA) is 67.0 Å². The van der Waals surface area contributed by atoms with Crippen molar-refractivity contribution < 1.29 is 9.53 Å². The van der Waals surface area contributed by atoms with E-state index in [0.717, 1.165) is 11.4 Å². The SMILES string of the molecule is COCC(C)CNC(=O)c1c(C)n[nH]c1C. The van der Waals surface area contributed by atoms with Crippen LogP contribution in [0.2, 0.25) is 0 Å². The summed E-state index contributed by atoms with van der Waals surface area (Å²) < 4.78 is 5.00. The van der Waals surface area contributed by atoms with Crippen molar-refractivity contribution in [3.8, 4) is 0 Å². The Morgan fingerprint density at radius 3 is 2.75 bits per heavy atom. The Kier molecular flexibility index (Phi) is 4.49. The van der Waals surface area contributed by atoms with Crippen molar-refractivity contribution in [2.75, 3.05) is 20.3 Å². The number of hydrogen-bond acceptors (Lipinski definition) is 3. The lowest BCUT2D eigenvalue weighted by Gasteiger charge is -2.11. The molecule has 1 aromatic rings. The number of aromatic nitrogens is 2. The maximum Gasteiger partial charge on any atom is 0.255 e. The van der Waals surface area contributed by atoms with Gasteiger partial charge in [-0.1, -0.05) is 6.92 Å². The molecule has 0 aliphatic carbocycles.